The third kappa shape index (κ3) is 5.75. The summed E-state index contributed by atoms with van der Waals surface area (Å²) in [6.45, 7) is -0.615. The van der Waals surface area contributed by atoms with Gasteiger partial charge in [-0.05, 0) is 11.1 Å². The van der Waals surface area contributed by atoms with Gasteiger partial charge >= 0.3 is 0 Å². The van der Waals surface area contributed by atoms with Crippen molar-refractivity contribution in [1.29, 1.82) is 5.41 Å². The second-order valence-electron chi connectivity index (χ2n) is 3.96. The van der Waals surface area contributed by atoms with Crippen LogP contribution < -0.4 is 0 Å². The molecular weight excluding hydrogens is 328 g/mol. The smallest absolute Gasteiger partial charge is 0.215 e. The van der Waals surface area contributed by atoms with Crippen LogP contribution in [0, 0.1) is 5.41 Å². The minimum absolute atomic E-state index is 0.0240. The highest BCUT2D eigenvalue weighted by atomic mass is 35.5. The maximum absolute atomic E-state index is 12.5. The molecular formula is C12H14Cl2FNO3S. The van der Waals surface area contributed by atoms with E-state index in [1.54, 1.807) is 24.3 Å². The minimum Gasteiger partial charge on any atom is -0.471 e. The Kier molecular flexibility index (Phi) is 7.43. The number of hydrogen-bond donors (Lipinski definition) is 2. The Labute approximate surface area is 129 Å². The summed E-state index contributed by atoms with van der Waals surface area (Å²) in [5, 5.41) is 7.45. The molecule has 0 aromatic heterocycles. The Morgan fingerprint density at radius 2 is 2.00 bits per heavy atom. The lowest BCUT2D eigenvalue weighted by Crippen LogP contribution is -2.16. The van der Waals surface area contributed by atoms with Gasteiger partial charge in [0, 0.05) is 6.42 Å². The van der Waals surface area contributed by atoms with Crippen molar-refractivity contribution in [2.45, 2.75) is 23.1 Å². The molecule has 0 heterocycles. The number of hydrogen-bond acceptors (Lipinski definition) is 3. The summed E-state index contributed by atoms with van der Waals surface area (Å²) in [4.78, 5) is -1.10. The average Bonchev–Trinajstić information content (AvgIpc) is 2.38. The molecule has 4 nitrogen and oxygen atoms in total. The van der Waals surface area contributed by atoms with Gasteiger partial charge < -0.3 is 9.29 Å². The van der Waals surface area contributed by atoms with Crippen molar-refractivity contribution in [3.8, 4) is 0 Å². The first kappa shape index (κ1) is 17.4. The fourth-order valence-corrected chi connectivity index (χ4v) is 2.15. The van der Waals surface area contributed by atoms with E-state index < -0.39 is 28.7 Å². The van der Waals surface area contributed by atoms with Gasteiger partial charge in [0.25, 0.3) is 0 Å². The van der Waals surface area contributed by atoms with Crippen LogP contribution in [0.1, 0.15) is 23.7 Å². The molecule has 8 heteroatoms. The molecule has 2 N–H and O–H groups in total. The summed E-state index contributed by atoms with van der Waals surface area (Å²) in [5.41, 5.74) is 1.32. The van der Waals surface area contributed by atoms with E-state index in [1.165, 1.54) is 0 Å². The van der Waals surface area contributed by atoms with Crippen molar-refractivity contribution < 1.29 is 17.9 Å². The molecule has 0 aliphatic carbocycles. The summed E-state index contributed by atoms with van der Waals surface area (Å²) in [7, 11) is 0. The molecule has 0 radical (unpaired) electrons. The molecule has 1 aromatic rings. The van der Waals surface area contributed by atoms with Crippen LogP contribution in [0.25, 0.3) is 0 Å². The quantitative estimate of drug-likeness (QED) is 0.344. The van der Waals surface area contributed by atoms with Crippen LogP contribution >= 0.6 is 23.2 Å². The van der Waals surface area contributed by atoms with Crippen LogP contribution in [0.4, 0.5) is 4.39 Å². The molecule has 0 spiro atoms. The lowest BCUT2D eigenvalue weighted by molar-refractivity contribution is 0.165. The Hall–Kier alpha value is -0.690. The maximum Gasteiger partial charge on any atom is 0.215 e. The Morgan fingerprint density at radius 3 is 2.45 bits per heavy atom. The molecule has 1 aromatic carbocycles. The van der Waals surface area contributed by atoms with Crippen molar-refractivity contribution >= 4 is 40.2 Å². The van der Waals surface area contributed by atoms with Crippen LogP contribution in [0.5, 0.6) is 0 Å². The third-order valence-electron chi connectivity index (χ3n) is 2.48. The molecule has 20 heavy (non-hydrogen) atoms. The van der Waals surface area contributed by atoms with Crippen molar-refractivity contribution in [1.82, 2.24) is 0 Å². The predicted molar refractivity (Wildman–Crippen MR) is 78.6 cm³/mol. The molecule has 0 fully saturated rings. The Bertz CT molecular complexity index is 470. The summed E-state index contributed by atoms with van der Waals surface area (Å²) < 4.78 is 37.3. The first-order valence-electron chi connectivity index (χ1n) is 5.69. The van der Waals surface area contributed by atoms with Gasteiger partial charge in [-0.15, -0.1) is 0 Å². The third-order valence-corrected chi connectivity index (χ3v) is 3.46. The van der Waals surface area contributed by atoms with Crippen LogP contribution in [-0.2, 0) is 21.6 Å². The van der Waals surface area contributed by atoms with Gasteiger partial charge in [0.2, 0.25) is 5.90 Å². The first-order chi connectivity index (χ1) is 9.43. The van der Waals surface area contributed by atoms with Gasteiger partial charge in [0.05, 0.1) is 12.4 Å². The Balaban J connectivity index is 2.81. The van der Waals surface area contributed by atoms with E-state index in [9.17, 15) is 8.60 Å². The van der Waals surface area contributed by atoms with E-state index >= 15 is 0 Å². The predicted octanol–water partition coefficient (Wildman–Crippen LogP) is 3.61. The molecule has 0 aliphatic heterocycles. The standard InChI is InChI=1S/C12H14Cl2FNO3S/c13-11(14)12(16)19-10(5-6-15)9-3-1-8(2-4-9)7-20(17)18/h1-4,10-11,16H,5-7H2,(H,17,18)/t10-/m0/s1. The van der Waals surface area contributed by atoms with Gasteiger partial charge in [-0.2, -0.15) is 0 Å². The Morgan fingerprint density at radius 1 is 1.40 bits per heavy atom. The highest BCUT2D eigenvalue weighted by Gasteiger charge is 2.18. The number of alkyl halides is 3. The number of rotatable bonds is 7. The van der Waals surface area contributed by atoms with E-state index in [2.05, 4.69) is 0 Å². The van der Waals surface area contributed by atoms with E-state index in [0.717, 1.165) is 0 Å². The lowest BCUT2D eigenvalue weighted by Gasteiger charge is -2.19. The van der Waals surface area contributed by atoms with Crippen molar-refractivity contribution in [2.75, 3.05) is 6.67 Å². The van der Waals surface area contributed by atoms with Crippen molar-refractivity contribution in [2.24, 2.45) is 0 Å². The van der Waals surface area contributed by atoms with E-state index in [-0.39, 0.29) is 18.1 Å². The highest BCUT2D eigenvalue weighted by molar-refractivity contribution is 7.78. The van der Waals surface area contributed by atoms with Gasteiger partial charge in [-0.1, -0.05) is 47.5 Å². The zero-order valence-electron chi connectivity index (χ0n) is 10.4. The normalized spacial score (nSPS) is 14.1. The maximum atomic E-state index is 12.5. The lowest BCUT2D eigenvalue weighted by atomic mass is 10.1. The second-order valence-corrected chi connectivity index (χ2v) is 5.98. The largest absolute Gasteiger partial charge is 0.471 e. The summed E-state index contributed by atoms with van der Waals surface area (Å²) in [5.74, 6) is -0.316. The zero-order valence-corrected chi connectivity index (χ0v) is 12.7. The molecule has 0 aliphatic rings. The molecule has 2 atom stereocenters. The van der Waals surface area contributed by atoms with Crippen LogP contribution in [0.15, 0.2) is 24.3 Å². The van der Waals surface area contributed by atoms with Crippen LogP contribution in [-0.4, -0.2) is 26.2 Å². The van der Waals surface area contributed by atoms with Crippen LogP contribution in [0.3, 0.4) is 0 Å². The van der Waals surface area contributed by atoms with Gasteiger partial charge in [-0.3, -0.25) is 9.80 Å². The number of halogens is 3. The SMILES string of the molecule is N=C(O[C@@H](CCF)c1ccc(CS(=O)O)cc1)C(Cl)Cl. The first-order valence-corrected chi connectivity index (χ1v) is 7.84. The molecule has 0 amide bonds. The molecule has 1 unspecified atom stereocenters. The second kappa shape index (κ2) is 8.56. The van der Waals surface area contributed by atoms with E-state index in [1.807, 2.05) is 0 Å². The van der Waals surface area contributed by atoms with E-state index in [0.29, 0.717) is 11.1 Å². The topological polar surface area (TPSA) is 70.4 Å². The minimum atomic E-state index is -1.91. The number of ether oxygens (including phenoxy) is 1. The fraction of sp³-hybridized carbons (Fsp3) is 0.417. The zero-order chi connectivity index (χ0) is 15.1. The molecule has 0 saturated heterocycles. The molecule has 0 bridgehead atoms. The van der Waals surface area contributed by atoms with E-state index in [4.69, 9.17) is 37.9 Å². The van der Waals surface area contributed by atoms with Crippen molar-refractivity contribution in [3.05, 3.63) is 35.4 Å². The molecule has 1 rings (SSSR count). The summed E-state index contributed by atoms with van der Waals surface area (Å²) in [6.07, 6.45) is -0.602. The highest BCUT2D eigenvalue weighted by Crippen LogP contribution is 2.24. The van der Waals surface area contributed by atoms with Gasteiger partial charge in [0.15, 0.2) is 15.9 Å². The fourth-order valence-electron chi connectivity index (χ4n) is 1.57. The van der Waals surface area contributed by atoms with Crippen LogP contribution in [0.2, 0.25) is 0 Å². The van der Waals surface area contributed by atoms with Gasteiger partial charge in [-0.25, -0.2) is 4.21 Å². The van der Waals surface area contributed by atoms with Gasteiger partial charge in [0.1, 0.15) is 6.10 Å². The number of nitrogens with one attached hydrogen (secondary N) is 1. The summed E-state index contributed by atoms with van der Waals surface area (Å²) in [6, 6.07) is 6.63. The summed E-state index contributed by atoms with van der Waals surface area (Å²) >= 11 is 9.09. The molecule has 112 valence electrons. The number of benzene rings is 1. The monoisotopic (exact) mass is 341 g/mol. The average molecular weight is 342 g/mol. The van der Waals surface area contributed by atoms with Crippen molar-refractivity contribution in [3.63, 3.8) is 0 Å². The molecule has 0 saturated carbocycles.